The van der Waals surface area contributed by atoms with Gasteiger partial charge in [-0.25, -0.2) is 4.98 Å². The number of nitrogens with one attached hydrogen (secondary N) is 1. The molecule has 0 spiro atoms. The zero-order valence-corrected chi connectivity index (χ0v) is 17.4. The number of nitrogens with zero attached hydrogens (tertiary/aromatic N) is 3. The number of benzene rings is 2. The van der Waals surface area contributed by atoms with E-state index in [9.17, 15) is 4.79 Å². The summed E-state index contributed by atoms with van der Waals surface area (Å²) in [6, 6.07) is 21.9. The monoisotopic (exact) mass is 402 g/mol. The van der Waals surface area contributed by atoms with Crippen molar-refractivity contribution in [3.8, 4) is 0 Å². The molecule has 30 heavy (non-hydrogen) atoms. The number of hydrogen-bond acceptors (Lipinski definition) is 6. The molecule has 1 fully saturated rings. The maximum atomic E-state index is 11.9. The second-order valence-corrected chi connectivity index (χ2v) is 7.98. The number of rotatable bonds is 6. The summed E-state index contributed by atoms with van der Waals surface area (Å²) in [6.45, 7) is 6.06. The van der Waals surface area contributed by atoms with Crippen LogP contribution in [0.4, 0.5) is 11.8 Å². The maximum Gasteiger partial charge on any atom is 0.225 e. The fourth-order valence-electron chi connectivity index (χ4n) is 4.05. The minimum Gasteiger partial charge on any atom is -0.348 e. The van der Waals surface area contributed by atoms with Gasteiger partial charge in [0.2, 0.25) is 5.95 Å². The van der Waals surface area contributed by atoms with Gasteiger partial charge in [0.25, 0.3) is 0 Å². The molecule has 154 valence electrons. The number of carbonyl (C=O) groups excluding carboxylic acids is 1. The number of hydrogen-bond donors (Lipinski definition) is 1. The molecule has 1 aliphatic heterocycles. The lowest BCUT2D eigenvalue weighted by Crippen LogP contribution is -2.36. The molecule has 2 aromatic carbocycles. The van der Waals surface area contributed by atoms with Gasteiger partial charge in [-0.05, 0) is 38.0 Å². The number of aldehydes is 1. The highest BCUT2D eigenvalue weighted by Gasteiger charge is 2.49. The number of carbonyl (C=O) groups is 1. The van der Waals surface area contributed by atoms with Crippen molar-refractivity contribution in [2.24, 2.45) is 0 Å². The smallest absolute Gasteiger partial charge is 0.225 e. The van der Waals surface area contributed by atoms with E-state index in [0.29, 0.717) is 11.8 Å². The molecule has 0 bridgehead atoms. The van der Waals surface area contributed by atoms with Gasteiger partial charge >= 0.3 is 0 Å². The van der Waals surface area contributed by atoms with Crippen LogP contribution in [0.25, 0.3) is 0 Å². The Morgan fingerprint density at radius 3 is 2.40 bits per heavy atom. The molecular formula is C24H26N4O2. The molecule has 3 atom stereocenters. The molecule has 0 saturated carbocycles. The summed E-state index contributed by atoms with van der Waals surface area (Å²) in [5.74, 6) is 1.15. The van der Waals surface area contributed by atoms with Crippen LogP contribution in [0, 0.1) is 0 Å². The molecule has 1 aromatic heterocycles. The summed E-state index contributed by atoms with van der Waals surface area (Å²) in [4.78, 5) is 22.9. The third-order valence-corrected chi connectivity index (χ3v) is 5.42. The van der Waals surface area contributed by atoms with Crippen LogP contribution < -0.4 is 10.2 Å². The zero-order valence-electron chi connectivity index (χ0n) is 17.4. The van der Waals surface area contributed by atoms with Crippen LogP contribution in [-0.2, 0) is 9.53 Å². The van der Waals surface area contributed by atoms with Gasteiger partial charge in [-0.1, -0.05) is 60.7 Å². The van der Waals surface area contributed by atoms with Crippen LogP contribution in [-0.4, -0.2) is 28.1 Å². The van der Waals surface area contributed by atoms with Crippen LogP contribution in [0.15, 0.2) is 72.9 Å². The van der Waals surface area contributed by atoms with Crippen molar-refractivity contribution in [2.75, 3.05) is 10.2 Å². The Bertz CT molecular complexity index is 994. The Balaban J connectivity index is 1.67. The first-order valence-corrected chi connectivity index (χ1v) is 10.1. The SMILES string of the molecule is CC(Nc1nccc(N2C(C=O)OC(C)(C)C2c2ccccc2)n1)c1ccccc1. The lowest BCUT2D eigenvalue weighted by molar-refractivity contribution is -0.120. The first kappa shape index (κ1) is 20.0. The Morgan fingerprint density at radius 2 is 1.73 bits per heavy atom. The van der Waals surface area contributed by atoms with Crippen LogP contribution >= 0.6 is 0 Å². The topological polar surface area (TPSA) is 67.4 Å². The van der Waals surface area contributed by atoms with E-state index in [1.165, 1.54) is 0 Å². The molecule has 3 unspecified atom stereocenters. The zero-order chi connectivity index (χ0) is 21.1. The molecule has 0 aliphatic carbocycles. The predicted molar refractivity (Wildman–Crippen MR) is 117 cm³/mol. The summed E-state index contributed by atoms with van der Waals surface area (Å²) in [7, 11) is 0. The lowest BCUT2D eigenvalue weighted by atomic mass is 9.91. The van der Waals surface area contributed by atoms with Crippen molar-refractivity contribution >= 4 is 18.1 Å². The van der Waals surface area contributed by atoms with Crippen molar-refractivity contribution in [1.82, 2.24) is 9.97 Å². The van der Waals surface area contributed by atoms with E-state index in [2.05, 4.69) is 29.4 Å². The van der Waals surface area contributed by atoms with Gasteiger partial charge in [0.05, 0.1) is 17.7 Å². The van der Waals surface area contributed by atoms with Crippen LogP contribution in [0.1, 0.15) is 44.0 Å². The molecule has 3 aromatic rings. The number of anilines is 2. The third kappa shape index (κ3) is 3.91. The second kappa shape index (κ2) is 8.24. The Morgan fingerprint density at radius 1 is 1.07 bits per heavy atom. The Hall–Kier alpha value is -3.25. The largest absolute Gasteiger partial charge is 0.348 e. The average Bonchev–Trinajstić information content (AvgIpc) is 3.05. The van der Waals surface area contributed by atoms with E-state index >= 15 is 0 Å². The summed E-state index contributed by atoms with van der Waals surface area (Å²) in [6.07, 6.45) is 1.81. The van der Waals surface area contributed by atoms with Crippen molar-refractivity contribution in [3.63, 3.8) is 0 Å². The summed E-state index contributed by atoms with van der Waals surface area (Å²) >= 11 is 0. The van der Waals surface area contributed by atoms with Crippen molar-refractivity contribution < 1.29 is 9.53 Å². The molecule has 2 heterocycles. The van der Waals surface area contributed by atoms with E-state index in [-0.39, 0.29) is 12.1 Å². The van der Waals surface area contributed by atoms with Gasteiger partial charge in [0.1, 0.15) is 5.82 Å². The molecule has 1 aliphatic rings. The van der Waals surface area contributed by atoms with E-state index in [1.54, 1.807) is 6.20 Å². The van der Waals surface area contributed by atoms with E-state index in [1.807, 2.05) is 73.3 Å². The predicted octanol–water partition coefficient (Wildman–Crippen LogP) is 4.53. The summed E-state index contributed by atoms with van der Waals surface area (Å²) in [5.41, 5.74) is 1.64. The molecule has 6 nitrogen and oxygen atoms in total. The highest BCUT2D eigenvalue weighted by Crippen LogP contribution is 2.44. The number of aromatic nitrogens is 2. The van der Waals surface area contributed by atoms with Gasteiger partial charge in [-0.3, -0.25) is 4.79 Å². The van der Waals surface area contributed by atoms with Crippen molar-refractivity contribution in [3.05, 3.63) is 84.1 Å². The standard InChI is InChI=1S/C24H26N4O2/c1-17(18-10-6-4-7-11-18)26-23-25-15-14-20(27-23)28-21(16-29)30-24(2,3)22(28)19-12-8-5-9-13-19/h4-17,21-22H,1-3H3,(H,25,26,27). The van der Waals surface area contributed by atoms with Gasteiger partial charge in [-0.15, -0.1) is 0 Å². The average molecular weight is 402 g/mol. The van der Waals surface area contributed by atoms with Crippen LogP contribution in [0.3, 0.4) is 0 Å². The quantitative estimate of drug-likeness (QED) is 0.611. The normalized spacial score (nSPS) is 21.2. The molecule has 6 heteroatoms. The third-order valence-electron chi connectivity index (χ3n) is 5.42. The highest BCUT2D eigenvalue weighted by molar-refractivity contribution is 5.66. The minimum absolute atomic E-state index is 0.0412. The van der Waals surface area contributed by atoms with E-state index < -0.39 is 11.8 Å². The molecule has 1 N–H and O–H groups in total. The number of ether oxygens (including phenoxy) is 1. The van der Waals surface area contributed by atoms with E-state index in [0.717, 1.165) is 17.4 Å². The molecule has 1 saturated heterocycles. The van der Waals surface area contributed by atoms with E-state index in [4.69, 9.17) is 9.72 Å². The molecular weight excluding hydrogens is 376 g/mol. The van der Waals surface area contributed by atoms with Crippen LogP contribution in [0.5, 0.6) is 0 Å². The Labute approximate surface area is 176 Å². The van der Waals surface area contributed by atoms with Gasteiger partial charge in [0, 0.05) is 6.20 Å². The second-order valence-electron chi connectivity index (χ2n) is 7.98. The van der Waals surface area contributed by atoms with Crippen LogP contribution in [0.2, 0.25) is 0 Å². The lowest BCUT2D eigenvalue weighted by Gasteiger charge is -2.32. The van der Waals surface area contributed by atoms with Gasteiger partial charge in [-0.2, -0.15) is 4.98 Å². The Kier molecular flexibility index (Phi) is 5.50. The molecule has 4 rings (SSSR count). The maximum absolute atomic E-state index is 11.9. The minimum atomic E-state index is -0.723. The fourth-order valence-corrected chi connectivity index (χ4v) is 4.05. The first-order chi connectivity index (χ1) is 14.5. The summed E-state index contributed by atoms with van der Waals surface area (Å²) < 4.78 is 6.10. The van der Waals surface area contributed by atoms with Gasteiger partial charge in [0.15, 0.2) is 12.5 Å². The molecule has 0 amide bonds. The molecule has 0 radical (unpaired) electrons. The fraction of sp³-hybridized carbons (Fsp3) is 0.292. The summed E-state index contributed by atoms with van der Waals surface area (Å²) in [5, 5.41) is 3.35. The van der Waals surface area contributed by atoms with Crippen molar-refractivity contribution in [1.29, 1.82) is 0 Å². The first-order valence-electron chi connectivity index (χ1n) is 10.1. The van der Waals surface area contributed by atoms with Gasteiger partial charge < -0.3 is 15.0 Å². The highest BCUT2D eigenvalue weighted by atomic mass is 16.5. The van der Waals surface area contributed by atoms with Crippen molar-refractivity contribution in [2.45, 2.75) is 44.7 Å².